The number of alkyl halides is 1. The first-order valence-corrected chi connectivity index (χ1v) is 2.80. The van der Waals surface area contributed by atoms with Crippen LogP contribution in [0.5, 0.6) is 0 Å². The van der Waals surface area contributed by atoms with Gasteiger partial charge in [-0.2, -0.15) is 0 Å². The number of hydrogen-bond acceptors (Lipinski definition) is 0. The van der Waals surface area contributed by atoms with Crippen LogP contribution in [0.15, 0.2) is 0 Å². The van der Waals surface area contributed by atoms with Gasteiger partial charge in [0, 0.05) is 0 Å². The van der Waals surface area contributed by atoms with Crippen molar-refractivity contribution in [2.75, 3.05) is 6.67 Å². The molecule has 6 heavy (non-hydrogen) atoms. The molecule has 0 saturated carbocycles. The van der Waals surface area contributed by atoms with Crippen LogP contribution in [0.2, 0.25) is 0 Å². The zero-order valence-corrected chi connectivity index (χ0v) is 4.78. The molecule has 0 aliphatic rings. The first-order valence-electron chi connectivity index (χ1n) is 1.14. The molecule has 0 radical (unpaired) electrons. The van der Waals surface area contributed by atoms with Crippen LogP contribution >= 0.6 is 0 Å². The second-order valence-electron chi connectivity index (χ2n) is 0.431. The molecule has 0 N–H and O–H groups in total. The third-order valence-corrected chi connectivity index (χ3v) is 0.635. The summed E-state index contributed by atoms with van der Waals surface area (Å²) in [5, 5.41) is 0. The summed E-state index contributed by atoms with van der Waals surface area (Å²) in [4.78, 5) is 0. The van der Waals surface area contributed by atoms with Gasteiger partial charge in [0.1, 0.15) is 0 Å². The Balaban J connectivity index is 2.90. The van der Waals surface area contributed by atoms with Crippen LogP contribution in [-0.2, 0) is 0 Å². The fraction of sp³-hybridized carbons (Fsp3) is 0.500. The Hall–Kier alpha value is 0.921. The van der Waals surface area contributed by atoms with Gasteiger partial charge in [-0.05, 0) is 0 Å². The zero-order valence-electron chi connectivity index (χ0n) is 2.76. The van der Waals surface area contributed by atoms with E-state index in [1.807, 2.05) is 6.07 Å². The van der Waals surface area contributed by atoms with Crippen molar-refractivity contribution < 1.29 is 50.0 Å². The van der Waals surface area contributed by atoms with Crippen LogP contribution in [-0.4, -0.2) is 6.67 Å². The van der Waals surface area contributed by atoms with E-state index in [4.69, 9.17) is 0 Å². The summed E-state index contributed by atoms with van der Waals surface area (Å²) in [5.41, 5.74) is 0. The Kier molecular flexibility index (Phi) is 6.83. The van der Waals surface area contributed by atoms with E-state index in [0.29, 0.717) is 0 Å². The van der Waals surface area contributed by atoms with E-state index in [-0.39, 0.29) is 0 Å². The van der Waals surface area contributed by atoms with Gasteiger partial charge >= 0.3 is 62.6 Å². The van der Waals surface area contributed by atoms with Gasteiger partial charge in [0.15, 0.2) is 0 Å². The van der Waals surface area contributed by atoms with Crippen LogP contribution < -0.4 is 0 Å². The summed E-state index contributed by atoms with van der Waals surface area (Å²) in [5.74, 6) is 0. The maximum atomic E-state index is 10.9. The van der Waals surface area contributed by atoms with Crippen LogP contribution in [0.3, 0.4) is 0 Å². The monoisotopic (exact) mass is 210 g/mol. The van der Waals surface area contributed by atoms with Crippen LogP contribution in [0.1, 0.15) is 0 Å². The molecule has 1 nitrogen and oxygen atoms in total. The standard InChI is InChI=1S/C2H2F2NXe/c3-1-2-5-6-4/h1H2/q+1. The summed E-state index contributed by atoms with van der Waals surface area (Å²) in [6.07, 6.45) is 0. The molecule has 0 amide bonds. The average Bonchev–Trinajstić information content (AvgIpc) is 1.61. The van der Waals surface area contributed by atoms with Crippen molar-refractivity contribution in [1.82, 2.24) is 0 Å². The first kappa shape index (κ1) is 6.92. The van der Waals surface area contributed by atoms with E-state index in [9.17, 15) is 4.47 Å². The van der Waals surface area contributed by atoms with Gasteiger partial charge in [0.05, 0.1) is 0 Å². The van der Waals surface area contributed by atoms with E-state index in [2.05, 4.69) is -0.143 Å². The molecule has 0 saturated heterocycles. The van der Waals surface area contributed by atoms with Crippen LogP contribution in [0.4, 0.5) is 4.47 Å². The van der Waals surface area contributed by atoms with Gasteiger partial charge < -0.3 is 0 Å². The van der Waals surface area contributed by atoms with Crippen molar-refractivity contribution >= 4 is 0 Å². The summed E-state index contributed by atoms with van der Waals surface area (Å²) in [6.45, 7) is -0.779. The predicted molar refractivity (Wildman–Crippen MR) is 14.3 cm³/mol. The van der Waals surface area contributed by atoms with Crippen LogP contribution in [0.25, 0.3) is -0.143 Å². The Morgan fingerprint density at radius 3 is 2.67 bits per heavy atom. The van der Waals surface area contributed by atoms with E-state index < -0.39 is 52.2 Å². The van der Waals surface area contributed by atoms with Crippen molar-refractivity contribution in [3.8, 4) is 6.07 Å². The summed E-state index contributed by atoms with van der Waals surface area (Å²) < 4.78 is 24.6. The number of hydrogen-bond donors (Lipinski definition) is 0. The van der Waals surface area contributed by atoms with Crippen LogP contribution in [0, 0.1) is 51.6 Å². The van der Waals surface area contributed by atoms with Gasteiger partial charge in [0.2, 0.25) is 0 Å². The van der Waals surface area contributed by atoms with Gasteiger partial charge in [-0.15, -0.1) is 0 Å². The third-order valence-electron chi connectivity index (χ3n) is 0.146. The summed E-state index contributed by atoms with van der Waals surface area (Å²) in [6, 6.07) is 1.82. The van der Waals surface area contributed by atoms with Gasteiger partial charge in [-0.1, -0.05) is 0 Å². The molecule has 0 aromatic rings. The van der Waals surface area contributed by atoms with Gasteiger partial charge in [0.25, 0.3) is 0 Å². The van der Waals surface area contributed by atoms with Gasteiger partial charge in [-0.3, -0.25) is 0 Å². The molecule has 0 aromatic heterocycles. The van der Waals surface area contributed by atoms with Crippen molar-refractivity contribution in [3.63, 3.8) is 0 Å². The van der Waals surface area contributed by atoms with E-state index in [1.54, 1.807) is 0 Å². The van der Waals surface area contributed by atoms with Crippen molar-refractivity contribution in [1.29, 1.82) is 0 Å². The summed E-state index contributed by atoms with van der Waals surface area (Å²) >= 11 is -1.49. The summed E-state index contributed by atoms with van der Waals surface area (Å²) in [7, 11) is 0. The molecule has 36 valence electrons. The third kappa shape index (κ3) is 4.92. The second-order valence-corrected chi connectivity index (χ2v) is 1.22. The molecule has 0 aliphatic heterocycles. The van der Waals surface area contributed by atoms with E-state index in [0.717, 1.165) is 0 Å². The Morgan fingerprint density at radius 2 is 2.50 bits per heavy atom. The fourth-order valence-corrected chi connectivity index (χ4v) is 0.283. The van der Waals surface area contributed by atoms with Crippen molar-refractivity contribution in [2.24, 2.45) is 0 Å². The average molecular weight is 209 g/mol. The molecular formula is C2H2F2NXe+. The number of halogens is 2. The van der Waals surface area contributed by atoms with E-state index >= 15 is 0 Å². The Bertz CT molecular complexity index is 65.4. The molecule has 0 spiro atoms. The molecule has 0 bridgehead atoms. The predicted octanol–water partition coefficient (Wildman–Crippen LogP) is 1.17. The van der Waals surface area contributed by atoms with Gasteiger partial charge in [-0.25, -0.2) is 0 Å². The molecular weight excluding hydrogens is 207 g/mol. The molecule has 0 aromatic carbocycles. The molecule has 0 fully saturated rings. The Morgan fingerprint density at radius 1 is 1.83 bits per heavy atom. The van der Waals surface area contributed by atoms with E-state index in [1.165, 1.54) is 0 Å². The molecule has 0 unspecified atom stereocenters. The minimum atomic E-state index is -1.49. The Labute approximate surface area is 61.6 Å². The maximum absolute atomic E-state index is 10.9. The molecule has 0 rings (SSSR count). The second kappa shape index (κ2) is 5.92. The number of nitrogens with zero attached hydrogens (tertiary/aromatic N) is 1. The zero-order chi connectivity index (χ0) is 4.83. The number of rotatable bonds is 0. The first-order chi connectivity index (χ1) is 2.91. The van der Waals surface area contributed by atoms with Crippen molar-refractivity contribution in [3.05, 3.63) is -0.143 Å². The minimum absolute atomic E-state index is 0.779. The quantitative estimate of drug-likeness (QED) is 0.564. The molecule has 4 heteroatoms. The van der Waals surface area contributed by atoms with Crippen molar-refractivity contribution in [2.45, 2.75) is 0 Å². The fourth-order valence-electron chi connectivity index (χ4n) is 0.0423. The molecule has 0 atom stereocenters. The normalized spacial score (nSPS) is 7.00. The molecule has 0 heterocycles. The topological polar surface area (TPSA) is 4.36 Å². The molecule has 0 aliphatic carbocycles. The SMILES string of the molecule is FCC#[N+][Xe]F.